The Labute approximate surface area is 117 Å². The van der Waals surface area contributed by atoms with Crippen LogP contribution in [0.3, 0.4) is 0 Å². The Hall–Kier alpha value is -2.30. The smallest absolute Gasteiger partial charge is 0.354 e. The number of aromatic nitrogens is 2. The van der Waals surface area contributed by atoms with Crippen LogP contribution in [0.5, 0.6) is 5.75 Å². The van der Waals surface area contributed by atoms with Gasteiger partial charge in [-0.3, -0.25) is 4.68 Å². The molecule has 106 valence electrons. The van der Waals surface area contributed by atoms with Crippen LogP contribution in [0.4, 0.5) is 0 Å². The molecule has 0 saturated heterocycles. The lowest BCUT2D eigenvalue weighted by molar-refractivity contribution is 0.0682. The van der Waals surface area contributed by atoms with E-state index in [4.69, 9.17) is 9.84 Å². The molecule has 0 atom stereocenters. The maximum absolute atomic E-state index is 11.1. The number of carboxylic acid groups (broad SMARTS) is 1. The second-order valence-corrected chi connectivity index (χ2v) is 4.82. The predicted molar refractivity (Wildman–Crippen MR) is 75.3 cm³/mol. The van der Waals surface area contributed by atoms with E-state index in [2.05, 4.69) is 11.2 Å². The second kappa shape index (κ2) is 5.77. The molecule has 1 aromatic carbocycles. The van der Waals surface area contributed by atoms with E-state index >= 15 is 0 Å². The maximum Gasteiger partial charge on any atom is 0.354 e. The highest BCUT2D eigenvalue weighted by Crippen LogP contribution is 2.18. The van der Waals surface area contributed by atoms with Crippen molar-refractivity contribution in [3.63, 3.8) is 0 Å². The highest BCUT2D eigenvalue weighted by molar-refractivity contribution is 5.85. The Morgan fingerprint density at radius 3 is 2.70 bits per heavy atom. The van der Waals surface area contributed by atoms with Crippen LogP contribution in [-0.2, 0) is 6.54 Å². The zero-order valence-electron chi connectivity index (χ0n) is 11.9. The molecule has 0 saturated carbocycles. The van der Waals surface area contributed by atoms with Crippen LogP contribution in [0.15, 0.2) is 24.3 Å². The van der Waals surface area contributed by atoms with Gasteiger partial charge in [-0.05, 0) is 38.5 Å². The van der Waals surface area contributed by atoms with Gasteiger partial charge in [0.2, 0.25) is 0 Å². The number of hydrogen-bond acceptors (Lipinski definition) is 3. The van der Waals surface area contributed by atoms with Crippen LogP contribution in [0, 0.1) is 20.8 Å². The van der Waals surface area contributed by atoms with Crippen LogP contribution in [0.25, 0.3) is 0 Å². The Morgan fingerprint density at radius 2 is 2.05 bits per heavy atom. The lowest BCUT2D eigenvalue weighted by atomic mass is 10.1. The molecule has 0 aliphatic rings. The molecule has 2 rings (SSSR count). The minimum absolute atomic E-state index is 0.187. The van der Waals surface area contributed by atoms with E-state index in [0.29, 0.717) is 18.8 Å². The van der Waals surface area contributed by atoms with Crippen molar-refractivity contribution >= 4 is 5.97 Å². The number of ether oxygens (including phenoxy) is 1. The Balaban J connectivity index is 2.01. The first-order valence-corrected chi connectivity index (χ1v) is 6.45. The van der Waals surface area contributed by atoms with E-state index < -0.39 is 5.97 Å². The molecule has 2 aromatic rings. The summed E-state index contributed by atoms with van der Waals surface area (Å²) >= 11 is 0. The Bertz CT molecular complexity index is 632. The van der Waals surface area contributed by atoms with Gasteiger partial charge in [-0.1, -0.05) is 17.7 Å². The highest BCUT2D eigenvalue weighted by atomic mass is 16.5. The number of nitrogens with zero attached hydrogens (tertiary/aromatic N) is 2. The molecular weight excluding hydrogens is 256 g/mol. The molecule has 1 N–H and O–H groups in total. The SMILES string of the molecule is Cc1ccc(OCCn2nc(C)cc2C(=O)O)c(C)c1. The fourth-order valence-corrected chi connectivity index (χ4v) is 2.09. The molecule has 0 amide bonds. The van der Waals surface area contributed by atoms with Crippen molar-refractivity contribution in [1.82, 2.24) is 9.78 Å². The largest absolute Gasteiger partial charge is 0.491 e. The van der Waals surface area contributed by atoms with Gasteiger partial charge in [0.25, 0.3) is 0 Å². The molecule has 0 fully saturated rings. The molecular formula is C15H18N2O3. The molecule has 0 radical (unpaired) electrons. The van der Waals surface area contributed by atoms with Crippen molar-refractivity contribution in [3.05, 3.63) is 46.8 Å². The first-order chi connectivity index (χ1) is 9.47. The summed E-state index contributed by atoms with van der Waals surface area (Å²) in [7, 11) is 0. The normalized spacial score (nSPS) is 10.6. The van der Waals surface area contributed by atoms with Crippen molar-refractivity contribution in [3.8, 4) is 5.75 Å². The third-order valence-electron chi connectivity index (χ3n) is 3.01. The van der Waals surface area contributed by atoms with E-state index in [1.54, 1.807) is 13.0 Å². The number of hydrogen-bond donors (Lipinski definition) is 1. The monoisotopic (exact) mass is 274 g/mol. The van der Waals surface area contributed by atoms with Crippen molar-refractivity contribution in [2.45, 2.75) is 27.3 Å². The van der Waals surface area contributed by atoms with Gasteiger partial charge in [0.1, 0.15) is 18.1 Å². The Morgan fingerprint density at radius 1 is 1.30 bits per heavy atom. The molecule has 5 nitrogen and oxygen atoms in total. The number of carbonyl (C=O) groups is 1. The average Bonchev–Trinajstić information content (AvgIpc) is 2.73. The van der Waals surface area contributed by atoms with Crippen LogP contribution in [0.2, 0.25) is 0 Å². The van der Waals surface area contributed by atoms with Crippen molar-refractivity contribution in [2.75, 3.05) is 6.61 Å². The average molecular weight is 274 g/mol. The molecule has 1 heterocycles. The predicted octanol–water partition coefficient (Wildman–Crippen LogP) is 2.59. The molecule has 0 unspecified atom stereocenters. The van der Waals surface area contributed by atoms with Crippen molar-refractivity contribution in [2.24, 2.45) is 0 Å². The topological polar surface area (TPSA) is 64.4 Å². The quantitative estimate of drug-likeness (QED) is 0.910. The summed E-state index contributed by atoms with van der Waals surface area (Å²) in [6.45, 7) is 6.58. The van der Waals surface area contributed by atoms with Gasteiger partial charge in [0.15, 0.2) is 0 Å². The minimum atomic E-state index is -0.975. The minimum Gasteiger partial charge on any atom is -0.491 e. The van der Waals surface area contributed by atoms with Gasteiger partial charge < -0.3 is 9.84 Å². The van der Waals surface area contributed by atoms with Gasteiger partial charge in [0.05, 0.1) is 12.2 Å². The summed E-state index contributed by atoms with van der Waals surface area (Å²) < 4.78 is 7.15. The molecule has 20 heavy (non-hydrogen) atoms. The summed E-state index contributed by atoms with van der Waals surface area (Å²) in [4.78, 5) is 11.1. The third-order valence-corrected chi connectivity index (χ3v) is 3.01. The summed E-state index contributed by atoms with van der Waals surface area (Å²) in [6, 6.07) is 7.52. The van der Waals surface area contributed by atoms with Gasteiger partial charge in [-0.2, -0.15) is 5.10 Å². The summed E-state index contributed by atoms with van der Waals surface area (Å²) in [5.74, 6) is -0.159. The van der Waals surface area contributed by atoms with Crippen molar-refractivity contribution < 1.29 is 14.6 Å². The van der Waals surface area contributed by atoms with E-state index in [-0.39, 0.29) is 5.69 Å². The first-order valence-electron chi connectivity index (χ1n) is 6.45. The number of rotatable bonds is 5. The van der Waals surface area contributed by atoms with Gasteiger partial charge in [-0.25, -0.2) is 4.79 Å². The molecule has 1 aromatic heterocycles. The molecule has 5 heteroatoms. The van der Waals surface area contributed by atoms with Gasteiger partial charge >= 0.3 is 5.97 Å². The summed E-state index contributed by atoms with van der Waals surface area (Å²) in [5, 5.41) is 13.2. The standard InChI is InChI=1S/C15H18N2O3/c1-10-4-5-14(11(2)8-10)20-7-6-17-13(15(18)19)9-12(3)16-17/h4-5,8-9H,6-7H2,1-3H3,(H,18,19). The van der Waals surface area contributed by atoms with E-state index in [0.717, 1.165) is 11.3 Å². The van der Waals surface area contributed by atoms with Crippen LogP contribution in [0.1, 0.15) is 27.3 Å². The maximum atomic E-state index is 11.1. The van der Waals surface area contributed by atoms with E-state index in [1.165, 1.54) is 10.2 Å². The lowest BCUT2D eigenvalue weighted by Gasteiger charge is -2.10. The lowest BCUT2D eigenvalue weighted by Crippen LogP contribution is -2.15. The summed E-state index contributed by atoms with van der Waals surface area (Å²) in [5.41, 5.74) is 3.13. The third kappa shape index (κ3) is 3.17. The Kier molecular flexibility index (Phi) is 4.08. The highest BCUT2D eigenvalue weighted by Gasteiger charge is 2.12. The molecule has 0 aliphatic carbocycles. The van der Waals surface area contributed by atoms with Crippen LogP contribution in [-0.4, -0.2) is 27.5 Å². The number of benzene rings is 1. The zero-order chi connectivity index (χ0) is 14.7. The fraction of sp³-hybridized carbons (Fsp3) is 0.333. The van der Waals surface area contributed by atoms with Crippen LogP contribution < -0.4 is 4.74 Å². The van der Waals surface area contributed by atoms with Gasteiger partial charge in [-0.15, -0.1) is 0 Å². The molecule has 0 aliphatic heterocycles. The van der Waals surface area contributed by atoms with E-state index in [9.17, 15) is 4.79 Å². The van der Waals surface area contributed by atoms with Crippen LogP contribution >= 0.6 is 0 Å². The zero-order valence-corrected chi connectivity index (χ0v) is 11.9. The van der Waals surface area contributed by atoms with Gasteiger partial charge in [0, 0.05) is 0 Å². The second-order valence-electron chi connectivity index (χ2n) is 4.82. The molecule has 0 bridgehead atoms. The number of aromatic carboxylic acids is 1. The summed E-state index contributed by atoms with van der Waals surface area (Å²) in [6.07, 6.45) is 0. The fourth-order valence-electron chi connectivity index (χ4n) is 2.09. The molecule has 0 spiro atoms. The number of carboxylic acids is 1. The van der Waals surface area contributed by atoms with Crippen molar-refractivity contribution in [1.29, 1.82) is 0 Å². The van der Waals surface area contributed by atoms with E-state index in [1.807, 2.05) is 26.0 Å². The number of aryl methyl sites for hydroxylation is 3. The first kappa shape index (κ1) is 14.1.